The van der Waals surface area contributed by atoms with Gasteiger partial charge in [-0.05, 0) is 43.5 Å². The van der Waals surface area contributed by atoms with Gasteiger partial charge in [-0.2, -0.15) is 0 Å². The molecule has 1 aliphatic heterocycles. The predicted octanol–water partition coefficient (Wildman–Crippen LogP) is 2.19. The maximum Gasteiger partial charge on any atom is 0.335 e. The van der Waals surface area contributed by atoms with Gasteiger partial charge in [0.1, 0.15) is 0 Å². The van der Waals surface area contributed by atoms with E-state index in [-0.39, 0.29) is 0 Å². The van der Waals surface area contributed by atoms with Crippen LogP contribution >= 0.6 is 0 Å². The number of nitrogens with zero attached hydrogens (tertiary/aromatic N) is 1. The fourth-order valence-corrected chi connectivity index (χ4v) is 1.82. The lowest BCUT2D eigenvalue weighted by Gasteiger charge is -2.28. The summed E-state index contributed by atoms with van der Waals surface area (Å²) in [6.45, 7) is 2.07. The monoisotopic (exact) mass is 204 g/mol. The Morgan fingerprint density at radius 2 is 1.73 bits per heavy atom. The van der Waals surface area contributed by atoms with Crippen molar-refractivity contribution in [3.8, 4) is 0 Å². The maximum absolute atomic E-state index is 10.7. The molecule has 0 spiro atoms. The van der Waals surface area contributed by atoms with Crippen LogP contribution in [0.25, 0.3) is 0 Å². The summed E-state index contributed by atoms with van der Waals surface area (Å²) in [5.74, 6) is -0.867. The number of carboxylic acid groups (broad SMARTS) is 1. The second kappa shape index (κ2) is 4.34. The molecule has 1 N–H and O–H groups in total. The highest BCUT2D eigenvalue weighted by atomic mass is 16.4. The molecule has 0 bridgehead atoms. The van der Waals surface area contributed by atoms with E-state index in [4.69, 9.17) is 5.11 Å². The van der Waals surface area contributed by atoms with Crippen LogP contribution in [0, 0.1) is 6.42 Å². The highest BCUT2D eigenvalue weighted by Crippen LogP contribution is 2.19. The molecule has 0 atom stereocenters. The van der Waals surface area contributed by atoms with Crippen LogP contribution in [0.5, 0.6) is 0 Å². The fourth-order valence-electron chi connectivity index (χ4n) is 1.82. The lowest BCUT2D eigenvalue weighted by Crippen LogP contribution is -2.29. The van der Waals surface area contributed by atoms with Crippen molar-refractivity contribution in [2.24, 2.45) is 0 Å². The van der Waals surface area contributed by atoms with E-state index in [1.54, 1.807) is 12.1 Å². The largest absolute Gasteiger partial charge is 0.478 e. The number of carboxylic acids is 1. The van der Waals surface area contributed by atoms with Gasteiger partial charge in [-0.15, -0.1) is 0 Å². The molecule has 1 aliphatic rings. The van der Waals surface area contributed by atoms with Crippen LogP contribution in [-0.2, 0) is 0 Å². The molecule has 1 aromatic carbocycles. The second-order valence-corrected chi connectivity index (χ2v) is 3.71. The molecule has 1 fully saturated rings. The number of piperidine rings is 1. The normalized spacial score (nSPS) is 16.4. The van der Waals surface area contributed by atoms with Crippen LogP contribution in [0.4, 0.5) is 5.69 Å². The van der Waals surface area contributed by atoms with E-state index in [2.05, 4.69) is 11.3 Å². The maximum atomic E-state index is 10.7. The van der Waals surface area contributed by atoms with Gasteiger partial charge in [0, 0.05) is 18.8 Å². The van der Waals surface area contributed by atoms with Gasteiger partial charge < -0.3 is 10.0 Å². The van der Waals surface area contributed by atoms with Crippen molar-refractivity contribution in [1.29, 1.82) is 0 Å². The van der Waals surface area contributed by atoms with E-state index in [1.165, 1.54) is 0 Å². The molecule has 0 saturated carbocycles. The van der Waals surface area contributed by atoms with E-state index in [0.717, 1.165) is 31.6 Å². The highest BCUT2D eigenvalue weighted by molar-refractivity contribution is 5.88. The van der Waals surface area contributed by atoms with Crippen molar-refractivity contribution in [2.45, 2.75) is 12.8 Å². The molecular formula is C12H14NO2. The minimum atomic E-state index is -0.867. The van der Waals surface area contributed by atoms with Gasteiger partial charge in [0.25, 0.3) is 0 Å². The molecule has 0 aliphatic carbocycles. The standard InChI is InChI=1S/C12H14NO2/c14-12(15)10-4-6-11(7-5-10)13-8-2-1-3-9-13/h1,4-7H,2-3,8-9H2,(H,14,15). The SMILES string of the molecule is O=C(O)c1ccc(N2CC[CH]CC2)cc1. The number of rotatable bonds is 2. The average Bonchev–Trinajstić information content (AvgIpc) is 2.30. The summed E-state index contributed by atoms with van der Waals surface area (Å²) in [5.41, 5.74) is 1.47. The lowest BCUT2D eigenvalue weighted by molar-refractivity contribution is 0.0697. The smallest absolute Gasteiger partial charge is 0.335 e. The Morgan fingerprint density at radius 1 is 1.13 bits per heavy atom. The van der Waals surface area contributed by atoms with Crippen LogP contribution in [-0.4, -0.2) is 24.2 Å². The number of hydrogen-bond acceptors (Lipinski definition) is 2. The fraction of sp³-hybridized carbons (Fsp3) is 0.333. The van der Waals surface area contributed by atoms with Gasteiger partial charge in [-0.3, -0.25) is 0 Å². The third kappa shape index (κ3) is 2.29. The number of aromatic carboxylic acids is 1. The zero-order valence-corrected chi connectivity index (χ0v) is 8.52. The number of benzene rings is 1. The van der Waals surface area contributed by atoms with Crippen molar-refractivity contribution in [3.05, 3.63) is 36.2 Å². The first kappa shape index (κ1) is 10.0. The van der Waals surface area contributed by atoms with E-state index < -0.39 is 5.97 Å². The molecule has 0 aromatic heterocycles. The number of anilines is 1. The van der Waals surface area contributed by atoms with Gasteiger partial charge in [0.05, 0.1) is 5.56 Å². The Hall–Kier alpha value is -1.51. The molecule has 1 saturated heterocycles. The van der Waals surface area contributed by atoms with E-state index in [0.29, 0.717) is 5.56 Å². The first-order chi connectivity index (χ1) is 7.27. The van der Waals surface area contributed by atoms with E-state index in [9.17, 15) is 4.79 Å². The molecule has 0 amide bonds. The van der Waals surface area contributed by atoms with Crippen molar-refractivity contribution >= 4 is 11.7 Å². The molecule has 1 aromatic rings. The van der Waals surface area contributed by atoms with Gasteiger partial charge in [0.15, 0.2) is 0 Å². The highest BCUT2D eigenvalue weighted by Gasteiger charge is 2.11. The average molecular weight is 204 g/mol. The Balaban J connectivity index is 2.11. The van der Waals surface area contributed by atoms with Crippen molar-refractivity contribution < 1.29 is 9.90 Å². The van der Waals surface area contributed by atoms with E-state index >= 15 is 0 Å². The Kier molecular flexibility index (Phi) is 2.90. The third-order valence-corrected chi connectivity index (χ3v) is 2.69. The van der Waals surface area contributed by atoms with Gasteiger partial charge in [-0.25, -0.2) is 4.79 Å². The molecule has 79 valence electrons. The lowest BCUT2D eigenvalue weighted by atomic mass is 10.1. The van der Waals surface area contributed by atoms with Crippen molar-refractivity contribution in [1.82, 2.24) is 0 Å². The van der Waals surface area contributed by atoms with Crippen molar-refractivity contribution in [2.75, 3.05) is 18.0 Å². The van der Waals surface area contributed by atoms with Gasteiger partial charge in [0.2, 0.25) is 0 Å². The molecule has 1 radical (unpaired) electrons. The van der Waals surface area contributed by atoms with Crippen LogP contribution in [0.15, 0.2) is 24.3 Å². The van der Waals surface area contributed by atoms with Crippen LogP contribution < -0.4 is 4.90 Å². The summed E-state index contributed by atoms with van der Waals surface area (Å²) >= 11 is 0. The summed E-state index contributed by atoms with van der Waals surface area (Å²) in [4.78, 5) is 13.0. The third-order valence-electron chi connectivity index (χ3n) is 2.69. The Labute approximate surface area is 89.3 Å². The molecular weight excluding hydrogens is 190 g/mol. The molecule has 2 rings (SSSR count). The molecule has 0 unspecified atom stereocenters. The van der Waals surface area contributed by atoms with Crippen molar-refractivity contribution in [3.63, 3.8) is 0 Å². The second-order valence-electron chi connectivity index (χ2n) is 3.71. The minimum absolute atomic E-state index is 0.349. The summed E-state index contributed by atoms with van der Waals surface area (Å²) in [6, 6.07) is 7.09. The van der Waals surface area contributed by atoms with E-state index in [1.807, 2.05) is 12.1 Å². The Morgan fingerprint density at radius 3 is 2.27 bits per heavy atom. The number of hydrogen-bond donors (Lipinski definition) is 1. The minimum Gasteiger partial charge on any atom is -0.478 e. The quantitative estimate of drug-likeness (QED) is 0.802. The zero-order chi connectivity index (χ0) is 10.7. The van der Waals surface area contributed by atoms with Crippen LogP contribution in [0.3, 0.4) is 0 Å². The topological polar surface area (TPSA) is 40.5 Å². The molecule has 3 nitrogen and oxygen atoms in total. The Bertz CT molecular complexity index is 339. The van der Waals surface area contributed by atoms with Gasteiger partial charge in [-0.1, -0.05) is 0 Å². The van der Waals surface area contributed by atoms with Crippen LogP contribution in [0.1, 0.15) is 23.2 Å². The summed E-state index contributed by atoms with van der Waals surface area (Å²) in [7, 11) is 0. The predicted molar refractivity (Wildman–Crippen MR) is 59.1 cm³/mol. The first-order valence-corrected chi connectivity index (χ1v) is 5.17. The molecule has 3 heteroatoms. The summed E-state index contributed by atoms with van der Waals surface area (Å²) in [5, 5.41) is 8.77. The first-order valence-electron chi connectivity index (χ1n) is 5.17. The number of carbonyl (C=O) groups is 1. The van der Waals surface area contributed by atoms with Gasteiger partial charge >= 0.3 is 5.97 Å². The summed E-state index contributed by atoms with van der Waals surface area (Å²) in [6.07, 6.45) is 4.52. The molecule has 15 heavy (non-hydrogen) atoms. The summed E-state index contributed by atoms with van der Waals surface area (Å²) < 4.78 is 0. The van der Waals surface area contributed by atoms with Crippen LogP contribution in [0.2, 0.25) is 0 Å². The zero-order valence-electron chi connectivity index (χ0n) is 8.52. The molecule has 1 heterocycles.